The van der Waals surface area contributed by atoms with Crippen molar-refractivity contribution in [3.05, 3.63) is 115 Å². The highest BCUT2D eigenvalue weighted by Crippen LogP contribution is 2.48. The second kappa shape index (κ2) is 9.29. The Kier molecular flexibility index (Phi) is 6.61. The zero-order valence-electron chi connectivity index (χ0n) is 20.4. The van der Waals surface area contributed by atoms with E-state index in [0.29, 0.717) is 0 Å². The summed E-state index contributed by atoms with van der Waals surface area (Å²) in [5, 5.41) is 6.96. The van der Waals surface area contributed by atoms with E-state index in [9.17, 15) is 0 Å². The van der Waals surface area contributed by atoms with Crippen LogP contribution >= 0.6 is 7.05 Å². The van der Waals surface area contributed by atoms with E-state index in [1.807, 2.05) is 0 Å². The van der Waals surface area contributed by atoms with E-state index in [-0.39, 0.29) is 5.54 Å². The van der Waals surface area contributed by atoms with Crippen LogP contribution in [0.3, 0.4) is 0 Å². The van der Waals surface area contributed by atoms with Crippen LogP contribution in [0.1, 0.15) is 20.8 Å². The van der Waals surface area contributed by atoms with Gasteiger partial charge in [0, 0.05) is 10.6 Å². The Labute approximate surface area is 200 Å². The van der Waals surface area contributed by atoms with Crippen LogP contribution in [-0.2, 0) is 0 Å². The minimum Gasteiger partial charge on any atom is -0.284 e. The first-order chi connectivity index (χ1) is 15.7. The highest BCUT2D eigenvalue weighted by atomic mass is 31.2. The standard InChI is InChI=1S/C30H34NPSi/c1-30(2,3)31-32(25-17-9-6-10-18-25,26-19-11-7-12-20-26)28-23-15-16-24-29(28)33(4,5)27-21-13-8-14-22-27/h6-24H,1-5H3. The Morgan fingerprint density at radius 1 is 0.576 bits per heavy atom. The van der Waals surface area contributed by atoms with Gasteiger partial charge >= 0.3 is 0 Å². The molecule has 0 bridgehead atoms. The molecule has 0 heterocycles. The Balaban J connectivity index is 2.16. The summed E-state index contributed by atoms with van der Waals surface area (Å²) >= 11 is 0. The molecule has 4 aromatic carbocycles. The number of nitrogens with zero attached hydrogens (tertiary/aromatic N) is 1. The maximum Gasteiger partial charge on any atom is 0.113 e. The zero-order chi connectivity index (χ0) is 23.5. The summed E-state index contributed by atoms with van der Waals surface area (Å²) in [4.78, 5) is 0. The van der Waals surface area contributed by atoms with E-state index < -0.39 is 15.1 Å². The molecule has 0 saturated carbocycles. The molecular formula is C30H34NPSi. The van der Waals surface area contributed by atoms with Gasteiger partial charge in [0.15, 0.2) is 0 Å². The molecule has 0 aliphatic carbocycles. The highest BCUT2D eigenvalue weighted by Gasteiger charge is 2.36. The van der Waals surface area contributed by atoms with Gasteiger partial charge in [0.25, 0.3) is 0 Å². The van der Waals surface area contributed by atoms with Crippen molar-refractivity contribution in [1.82, 2.24) is 0 Å². The normalized spacial score (nSPS) is 12.4. The van der Waals surface area contributed by atoms with E-state index in [2.05, 4.69) is 149 Å². The van der Waals surface area contributed by atoms with Crippen LogP contribution in [0.4, 0.5) is 0 Å². The molecule has 0 aliphatic heterocycles. The predicted molar refractivity (Wildman–Crippen MR) is 151 cm³/mol. The van der Waals surface area contributed by atoms with Gasteiger partial charge in [0.1, 0.15) is 8.07 Å². The van der Waals surface area contributed by atoms with Gasteiger partial charge in [-0.15, -0.1) is 0 Å². The van der Waals surface area contributed by atoms with Gasteiger partial charge in [-0.25, -0.2) is 0 Å². The van der Waals surface area contributed by atoms with Crippen molar-refractivity contribution in [2.24, 2.45) is 4.74 Å². The molecule has 0 N–H and O–H groups in total. The second-order valence-corrected chi connectivity index (χ2v) is 17.4. The Morgan fingerprint density at radius 3 is 1.48 bits per heavy atom. The third-order valence-corrected chi connectivity index (χ3v) is 14.0. The van der Waals surface area contributed by atoms with Crippen molar-refractivity contribution in [2.75, 3.05) is 0 Å². The summed E-state index contributed by atoms with van der Waals surface area (Å²) in [7, 11) is -4.25. The molecule has 0 amide bonds. The van der Waals surface area contributed by atoms with E-state index in [4.69, 9.17) is 4.74 Å². The SMILES string of the molecule is CC(C)(C)N=P(c1ccccc1)(c1ccccc1)c1ccccc1[Si](C)(C)c1ccccc1. The molecule has 0 spiro atoms. The van der Waals surface area contributed by atoms with Gasteiger partial charge in [-0.05, 0) is 31.3 Å². The highest BCUT2D eigenvalue weighted by molar-refractivity contribution is 7.87. The molecule has 0 radical (unpaired) electrons. The van der Waals surface area contributed by atoms with Gasteiger partial charge in [-0.2, -0.15) is 0 Å². The average Bonchev–Trinajstić information content (AvgIpc) is 2.84. The van der Waals surface area contributed by atoms with Crippen LogP contribution in [0.25, 0.3) is 0 Å². The van der Waals surface area contributed by atoms with Crippen LogP contribution in [0.15, 0.2) is 120 Å². The second-order valence-electron chi connectivity index (χ2n) is 10.1. The van der Waals surface area contributed by atoms with Gasteiger partial charge in [-0.3, -0.25) is 4.74 Å². The van der Waals surface area contributed by atoms with Crippen molar-refractivity contribution in [3.8, 4) is 0 Å². The van der Waals surface area contributed by atoms with Crippen LogP contribution in [0.5, 0.6) is 0 Å². The van der Waals surface area contributed by atoms with Gasteiger partial charge in [-0.1, -0.05) is 134 Å². The lowest BCUT2D eigenvalue weighted by Gasteiger charge is -2.36. The molecule has 0 atom stereocenters. The molecular weight excluding hydrogens is 433 g/mol. The average molecular weight is 468 g/mol. The molecule has 0 aromatic heterocycles. The van der Waals surface area contributed by atoms with Crippen LogP contribution in [-0.4, -0.2) is 13.6 Å². The van der Waals surface area contributed by atoms with E-state index in [1.54, 1.807) is 0 Å². The molecule has 0 saturated heterocycles. The summed E-state index contributed by atoms with van der Waals surface area (Å²) in [5.74, 6) is 0. The fraction of sp³-hybridized carbons (Fsp3) is 0.200. The Hall–Kier alpha value is -2.67. The van der Waals surface area contributed by atoms with Gasteiger partial charge < -0.3 is 0 Å². The quantitative estimate of drug-likeness (QED) is 0.260. The van der Waals surface area contributed by atoms with E-state index >= 15 is 0 Å². The smallest absolute Gasteiger partial charge is 0.113 e. The summed E-state index contributed by atoms with van der Waals surface area (Å²) < 4.78 is 5.75. The first kappa shape index (κ1) is 23.5. The van der Waals surface area contributed by atoms with Crippen molar-refractivity contribution in [1.29, 1.82) is 0 Å². The maximum absolute atomic E-state index is 5.75. The molecule has 0 fully saturated rings. The first-order valence-electron chi connectivity index (χ1n) is 11.7. The largest absolute Gasteiger partial charge is 0.284 e. The van der Waals surface area contributed by atoms with Crippen LogP contribution in [0.2, 0.25) is 13.1 Å². The fourth-order valence-corrected chi connectivity index (χ4v) is 12.6. The minimum absolute atomic E-state index is 0.189. The lowest BCUT2D eigenvalue weighted by molar-refractivity contribution is 0.591. The van der Waals surface area contributed by atoms with Crippen molar-refractivity contribution in [2.45, 2.75) is 39.4 Å². The number of benzene rings is 4. The third-order valence-electron chi connectivity index (χ3n) is 6.13. The summed E-state index contributed by atoms with van der Waals surface area (Å²) in [6, 6.07) is 42.2. The van der Waals surface area contributed by atoms with Gasteiger partial charge in [0.05, 0.1) is 12.6 Å². The lowest BCUT2D eigenvalue weighted by Crippen LogP contribution is -2.58. The fourth-order valence-electron chi connectivity index (χ4n) is 4.63. The van der Waals surface area contributed by atoms with Crippen LogP contribution < -0.4 is 26.3 Å². The number of hydrogen-bond acceptors (Lipinski definition) is 1. The number of rotatable bonds is 5. The topological polar surface area (TPSA) is 12.4 Å². The third kappa shape index (κ3) is 4.69. The molecule has 1 nitrogen and oxygen atoms in total. The summed E-state index contributed by atoms with van der Waals surface area (Å²) in [6.07, 6.45) is 0. The summed E-state index contributed by atoms with van der Waals surface area (Å²) in [5.41, 5.74) is -0.189. The molecule has 168 valence electrons. The first-order valence-corrected chi connectivity index (χ1v) is 16.4. The minimum atomic E-state index is -2.27. The van der Waals surface area contributed by atoms with Crippen LogP contribution in [0, 0.1) is 0 Å². The van der Waals surface area contributed by atoms with Crippen molar-refractivity contribution in [3.63, 3.8) is 0 Å². The maximum atomic E-state index is 5.75. The van der Waals surface area contributed by atoms with Crippen molar-refractivity contribution >= 4 is 41.4 Å². The Bertz CT molecular complexity index is 1210. The molecule has 33 heavy (non-hydrogen) atoms. The lowest BCUT2D eigenvalue weighted by atomic mass is 10.1. The molecule has 0 aliphatic rings. The van der Waals surface area contributed by atoms with E-state index in [0.717, 1.165) is 0 Å². The molecule has 4 rings (SSSR count). The predicted octanol–water partition coefficient (Wildman–Crippen LogP) is 5.79. The molecule has 0 unspecified atom stereocenters. The van der Waals surface area contributed by atoms with Gasteiger partial charge in [0.2, 0.25) is 0 Å². The number of hydrogen-bond donors (Lipinski definition) is 0. The molecule has 3 heteroatoms. The van der Waals surface area contributed by atoms with E-state index in [1.165, 1.54) is 26.3 Å². The van der Waals surface area contributed by atoms with Crippen molar-refractivity contribution < 1.29 is 0 Å². The Morgan fingerprint density at radius 2 is 1.00 bits per heavy atom. The summed E-state index contributed by atoms with van der Waals surface area (Å²) in [6.45, 7) is 11.6. The molecule has 4 aromatic rings. The zero-order valence-corrected chi connectivity index (χ0v) is 22.3. The monoisotopic (exact) mass is 467 g/mol.